The van der Waals surface area contributed by atoms with Crippen LogP contribution >= 0.6 is 0 Å². The molecule has 17 heavy (non-hydrogen) atoms. The molecule has 0 saturated carbocycles. The van der Waals surface area contributed by atoms with Crippen molar-refractivity contribution in [3.63, 3.8) is 0 Å². The molecule has 1 heterocycles. The van der Waals surface area contributed by atoms with E-state index < -0.39 is 11.9 Å². The number of benzene rings is 1. The number of phenols is 1. The quantitative estimate of drug-likeness (QED) is 0.780. The lowest BCUT2D eigenvalue weighted by atomic mass is 10.2. The van der Waals surface area contributed by atoms with E-state index in [9.17, 15) is 14.3 Å². The largest absolute Gasteiger partial charge is 0.508 e. The summed E-state index contributed by atoms with van der Waals surface area (Å²) < 4.78 is 12.6. The van der Waals surface area contributed by atoms with E-state index in [4.69, 9.17) is 0 Å². The second-order valence-electron chi connectivity index (χ2n) is 3.37. The summed E-state index contributed by atoms with van der Waals surface area (Å²) in [6.45, 7) is 0. The Hall–Kier alpha value is -2.43. The SMILES string of the molecule is O=C(Nc1cccc(O)c1)c1ccc(F)nc1. The van der Waals surface area contributed by atoms with Crippen molar-refractivity contribution in [1.82, 2.24) is 4.98 Å². The molecule has 2 aromatic rings. The van der Waals surface area contributed by atoms with Gasteiger partial charge in [-0.05, 0) is 24.3 Å². The molecular weight excluding hydrogens is 223 g/mol. The van der Waals surface area contributed by atoms with E-state index in [0.29, 0.717) is 5.69 Å². The molecule has 5 heteroatoms. The van der Waals surface area contributed by atoms with E-state index in [2.05, 4.69) is 10.3 Å². The summed E-state index contributed by atoms with van der Waals surface area (Å²) in [5.74, 6) is -0.998. The van der Waals surface area contributed by atoms with Gasteiger partial charge in [-0.3, -0.25) is 4.79 Å². The van der Waals surface area contributed by atoms with E-state index in [1.54, 1.807) is 12.1 Å². The van der Waals surface area contributed by atoms with Crippen LogP contribution in [0.25, 0.3) is 0 Å². The van der Waals surface area contributed by atoms with E-state index in [-0.39, 0.29) is 11.3 Å². The number of carbonyl (C=O) groups is 1. The van der Waals surface area contributed by atoms with Crippen LogP contribution in [0.1, 0.15) is 10.4 Å². The normalized spacial score (nSPS) is 9.94. The van der Waals surface area contributed by atoms with Crippen LogP contribution in [-0.2, 0) is 0 Å². The number of carbonyl (C=O) groups excluding carboxylic acids is 1. The van der Waals surface area contributed by atoms with Gasteiger partial charge in [0, 0.05) is 18.0 Å². The fourth-order valence-corrected chi connectivity index (χ4v) is 1.30. The predicted molar refractivity (Wildman–Crippen MR) is 60.3 cm³/mol. The summed E-state index contributed by atoms with van der Waals surface area (Å²) in [4.78, 5) is 15.1. The molecule has 0 fully saturated rings. The van der Waals surface area contributed by atoms with Crippen LogP contribution in [-0.4, -0.2) is 16.0 Å². The number of amides is 1. The Labute approximate surface area is 96.7 Å². The Morgan fingerprint density at radius 1 is 1.29 bits per heavy atom. The molecule has 0 spiro atoms. The molecule has 86 valence electrons. The molecule has 0 aliphatic rings. The Kier molecular flexibility index (Phi) is 3.00. The van der Waals surface area contributed by atoms with Crippen LogP contribution in [0.2, 0.25) is 0 Å². The van der Waals surface area contributed by atoms with Gasteiger partial charge >= 0.3 is 0 Å². The molecule has 1 aromatic carbocycles. The second-order valence-corrected chi connectivity index (χ2v) is 3.37. The molecule has 2 rings (SSSR count). The summed E-state index contributed by atoms with van der Waals surface area (Å²) in [7, 11) is 0. The maximum Gasteiger partial charge on any atom is 0.257 e. The third-order valence-corrected chi connectivity index (χ3v) is 2.09. The van der Waals surface area contributed by atoms with E-state index >= 15 is 0 Å². The van der Waals surface area contributed by atoms with Gasteiger partial charge in [0.25, 0.3) is 5.91 Å². The van der Waals surface area contributed by atoms with E-state index in [1.165, 1.54) is 18.2 Å². The van der Waals surface area contributed by atoms with Gasteiger partial charge in [0.2, 0.25) is 5.95 Å². The third kappa shape index (κ3) is 2.78. The van der Waals surface area contributed by atoms with Gasteiger partial charge in [0.1, 0.15) is 5.75 Å². The summed E-state index contributed by atoms with van der Waals surface area (Å²) in [5.41, 5.74) is 0.703. The smallest absolute Gasteiger partial charge is 0.257 e. The topological polar surface area (TPSA) is 62.2 Å². The molecule has 0 aliphatic heterocycles. The third-order valence-electron chi connectivity index (χ3n) is 2.09. The van der Waals surface area contributed by atoms with E-state index in [0.717, 1.165) is 12.3 Å². The van der Waals surface area contributed by atoms with Crippen LogP contribution in [0.4, 0.5) is 10.1 Å². The first-order valence-electron chi connectivity index (χ1n) is 4.87. The zero-order chi connectivity index (χ0) is 12.3. The summed E-state index contributed by atoms with van der Waals surface area (Å²) in [6.07, 6.45) is 1.15. The van der Waals surface area contributed by atoms with Gasteiger partial charge in [-0.2, -0.15) is 4.39 Å². The van der Waals surface area contributed by atoms with Crippen LogP contribution in [0.5, 0.6) is 5.75 Å². The molecule has 2 N–H and O–H groups in total. The number of aromatic nitrogens is 1. The first-order chi connectivity index (χ1) is 8.15. The van der Waals surface area contributed by atoms with Crippen molar-refractivity contribution in [2.45, 2.75) is 0 Å². The highest BCUT2D eigenvalue weighted by Crippen LogP contribution is 2.16. The lowest BCUT2D eigenvalue weighted by Crippen LogP contribution is -2.12. The predicted octanol–water partition coefficient (Wildman–Crippen LogP) is 2.18. The van der Waals surface area contributed by atoms with Gasteiger partial charge in [0.15, 0.2) is 0 Å². The van der Waals surface area contributed by atoms with Crippen molar-refractivity contribution in [2.75, 3.05) is 5.32 Å². The first-order valence-corrected chi connectivity index (χ1v) is 4.87. The van der Waals surface area contributed by atoms with Gasteiger partial charge in [-0.1, -0.05) is 6.07 Å². The summed E-state index contributed by atoms with van der Waals surface area (Å²) in [6, 6.07) is 8.59. The van der Waals surface area contributed by atoms with Crippen LogP contribution in [0.3, 0.4) is 0 Å². The molecule has 1 aromatic heterocycles. The minimum absolute atomic E-state index is 0.0556. The number of nitrogens with zero attached hydrogens (tertiary/aromatic N) is 1. The maximum absolute atomic E-state index is 12.6. The minimum atomic E-state index is -0.640. The molecule has 0 radical (unpaired) electrons. The average molecular weight is 232 g/mol. The maximum atomic E-state index is 12.6. The standard InChI is InChI=1S/C12H9FN2O2/c13-11-5-4-8(7-14-11)12(17)15-9-2-1-3-10(16)6-9/h1-7,16H,(H,15,17). The molecule has 0 unspecified atom stereocenters. The Balaban J connectivity index is 2.14. The monoisotopic (exact) mass is 232 g/mol. The minimum Gasteiger partial charge on any atom is -0.508 e. The molecule has 0 saturated heterocycles. The zero-order valence-corrected chi connectivity index (χ0v) is 8.72. The van der Waals surface area contributed by atoms with E-state index in [1.807, 2.05) is 0 Å². The number of phenolic OH excluding ortho intramolecular Hbond substituents is 1. The van der Waals surface area contributed by atoms with Crippen molar-refractivity contribution in [3.8, 4) is 5.75 Å². The lowest BCUT2D eigenvalue weighted by Gasteiger charge is -2.04. The van der Waals surface area contributed by atoms with Gasteiger partial charge in [0.05, 0.1) is 5.56 Å². The van der Waals surface area contributed by atoms with Crippen molar-refractivity contribution in [1.29, 1.82) is 0 Å². The van der Waals surface area contributed by atoms with Gasteiger partial charge in [-0.15, -0.1) is 0 Å². The summed E-state index contributed by atoms with van der Waals surface area (Å²) in [5, 5.41) is 11.8. The number of hydrogen-bond acceptors (Lipinski definition) is 3. The van der Waals surface area contributed by atoms with Gasteiger partial charge in [-0.25, -0.2) is 4.98 Å². The fourth-order valence-electron chi connectivity index (χ4n) is 1.30. The number of nitrogens with one attached hydrogen (secondary N) is 1. The number of pyridine rings is 1. The van der Waals surface area contributed by atoms with Crippen LogP contribution < -0.4 is 5.32 Å². The molecule has 0 bridgehead atoms. The molecular formula is C12H9FN2O2. The highest BCUT2D eigenvalue weighted by Gasteiger charge is 2.06. The van der Waals surface area contributed by atoms with Crippen LogP contribution in [0, 0.1) is 5.95 Å². The van der Waals surface area contributed by atoms with Crippen molar-refractivity contribution in [2.24, 2.45) is 0 Å². The number of aromatic hydroxyl groups is 1. The van der Waals surface area contributed by atoms with Crippen molar-refractivity contribution >= 4 is 11.6 Å². The van der Waals surface area contributed by atoms with Crippen molar-refractivity contribution < 1.29 is 14.3 Å². The van der Waals surface area contributed by atoms with Crippen molar-refractivity contribution in [3.05, 3.63) is 54.1 Å². The van der Waals surface area contributed by atoms with Gasteiger partial charge < -0.3 is 10.4 Å². The van der Waals surface area contributed by atoms with Crippen LogP contribution in [0.15, 0.2) is 42.6 Å². The highest BCUT2D eigenvalue weighted by atomic mass is 19.1. The molecule has 0 aliphatic carbocycles. The zero-order valence-electron chi connectivity index (χ0n) is 8.72. The number of anilines is 1. The number of halogens is 1. The fraction of sp³-hybridized carbons (Fsp3) is 0. The molecule has 1 amide bonds. The Morgan fingerprint density at radius 2 is 2.12 bits per heavy atom. The average Bonchev–Trinajstić information content (AvgIpc) is 2.29. The Bertz CT molecular complexity index is 540. The molecule has 4 nitrogen and oxygen atoms in total. The highest BCUT2D eigenvalue weighted by molar-refractivity contribution is 6.04. The first kappa shape index (κ1) is 11.1. The summed E-state index contributed by atoms with van der Waals surface area (Å²) >= 11 is 0. The number of rotatable bonds is 2. The molecule has 0 atom stereocenters. The lowest BCUT2D eigenvalue weighted by molar-refractivity contribution is 0.102. The second kappa shape index (κ2) is 4.61. The Morgan fingerprint density at radius 3 is 2.76 bits per heavy atom. The number of hydrogen-bond donors (Lipinski definition) is 2.